The summed E-state index contributed by atoms with van der Waals surface area (Å²) in [4.78, 5) is 34.0. The largest absolute Gasteiger partial charge is 0.461 e. The second-order valence-corrected chi connectivity index (χ2v) is 3.99. The number of nitrogens with one attached hydrogen (secondary N) is 1. The van der Waals surface area contributed by atoms with Crippen molar-refractivity contribution >= 4 is 17.9 Å². The average molecular weight is 305 g/mol. The van der Waals surface area contributed by atoms with Crippen LogP contribution in [0.15, 0.2) is 34.2 Å². The molecule has 0 aliphatic carbocycles. The molecule has 1 N–H and O–H groups in total. The average Bonchev–Trinajstić information content (AvgIpc) is 2.87. The highest BCUT2D eigenvalue weighted by molar-refractivity contribution is 5.86. The minimum atomic E-state index is -0.840. The van der Waals surface area contributed by atoms with E-state index in [9.17, 15) is 19.7 Å². The SMILES string of the molecule is CCOC(=O)c1n[nH]n(N=Cc2ccc([N+](=O)[O-])cc2)c1=O. The lowest BCUT2D eigenvalue weighted by Crippen LogP contribution is -2.20. The minimum Gasteiger partial charge on any atom is -0.461 e. The number of nitrogens with zero attached hydrogens (tertiary/aromatic N) is 4. The van der Waals surface area contributed by atoms with E-state index in [1.807, 2.05) is 0 Å². The van der Waals surface area contributed by atoms with Gasteiger partial charge >= 0.3 is 11.5 Å². The molecule has 114 valence electrons. The standard InChI is InChI=1S/C12H11N5O5/c1-2-22-12(19)10-11(18)16(15-14-10)13-7-8-3-5-9(6-4-8)17(20)21/h3-7,15H,2H2,1H3. The Morgan fingerprint density at radius 3 is 2.77 bits per heavy atom. The molecule has 2 rings (SSSR count). The zero-order valence-electron chi connectivity index (χ0n) is 11.4. The first-order chi connectivity index (χ1) is 10.5. The normalized spacial score (nSPS) is 10.8. The number of hydrogen-bond donors (Lipinski definition) is 1. The number of H-pyrrole nitrogens is 1. The van der Waals surface area contributed by atoms with Crippen LogP contribution in [0.2, 0.25) is 0 Å². The summed E-state index contributed by atoms with van der Waals surface area (Å²) in [5, 5.41) is 20.1. The highest BCUT2D eigenvalue weighted by atomic mass is 16.6. The lowest BCUT2D eigenvalue weighted by atomic mass is 10.2. The third-order valence-corrected chi connectivity index (χ3v) is 2.55. The van der Waals surface area contributed by atoms with Crippen molar-refractivity contribution in [1.82, 2.24) is 15.1 Å². The first kappa shape index (κ1) is 15.1. The van der Waals surface area contributed by atoms with Crippen molar-refractivity contribution in [2.24, 2.45) is 5.10 Å². The topological polar surface area (TPSA) is 132 Å². The molecular weight excluding hydrogens is 294 g/mol. The number of aromatic amines is 1. The van der Waals surface area contributed by atoms with Crippen LogP contribution < -0.4 is 5.56 Å². The molecule has 0 saturated carbocycles. The number of nitro benzene ring substituents is 1. The molecule has 1 aromatic heterocycles. The zero-order chi connectivity index (χ0) is 16.1. The van der Waals surface area contributed by atoms with Gasteiger partial charge in [0.1, 0.15) is 0 Å². The van der Waals surface area contributed by atoms with Crippen molar-refractivity contribution in [2.45, 2.75) is 6.92 Å². The quantitative estimate of drug-likeness (QED) is 0.371. The second kappa shape index (κ2) is 6.43. The van der Waals surface area contributed by atoms with Crippen molar-refractivity contribution < 1.29 is 14.5 Å². The fraction of sp³-hybridized carbons (Fsp3) is 0.167. The fourth-order valence-corrected chi connectivity index (χ4v) is 1.51. The minimum absolute atomic E-state index is 0.0551. The van der Waals surface area contributed by atoms with Crippen LogP contribution in [0.4, 0.5) is 5.69 Å². The van der Waals surface area contributed by atoms with Gasteiger partial charge in [-0.1, -0.05) is 0 Å². The van der Waals surface area contributed by atoms with Gasteiger partial charge in [0.05, 0.1) is 17.7 Å². The zero-order valence-corrected chi connectivity index (χ0v) is 11.4. The Bertz CT molecular complexity index is 774. The van der Waals surface area contributed by atoms with E-state index in [2.05, 4.69) is 20.2 Å². The number of esters is 1. The number of benzene rings is 1. The first-order valence-electron chi connectivity index (χ1n) is 6.16. The Kier molecular flexibility index (Phi) is 4.41. The van der Waals surface area contributed by atoms with E-state index in [4.69, 9.17) is 0 Å². The maximum absolute atomic E-state index is 11.8. The van der Waals surface area contributed by atoms with E-state index in [1.54, 1.807) is 6.92 Å². The van der Waals surface area contributed by atoms with E-state index in [0.717, 1.165) is 4.79 Å². The molecule has 0 amide bonds. The van der Waals surface area contributed by atoms with Gasteiger partial charge < -0.3 is 4.74 Å². The number of carbonyl (C=O) groups excluding carboxylic acids is 1. The highest BCUT2D eigenvalue weighted by Crippen LogP contribution is 2.10. The van der Waals surface area contributed by atoms with Crippen LogP contribution in [-0.2, 0) is 4.74 Å². The molecule has 0 bridgehead atoms. The van der Waals surface area contributed by atoms with Crippen molar-refractivity contribution in [3.05, 3.63) is 56.0 Å². The fourth-order valence-electron chi connectivity index (χ4n) is 1.51. The van der Waals surface area contributed by atoms with Gasteiger partial charge in [0, 0.05) is 12.1 Å². The summed E-state index contributed by atoms with van der Waals surface area (Å²) in [6, 6.07) is 5.55. The molecule has 0 aliphatic rings. The van der Waals surface area contributed by atoms with Gasteiger partial charge in [-0.2, -0.15) is 10.3 Å². The molecule has 1 aromatic carbocycles. The summed E-state index contributed by atoms with van der Waals surface area (Å²) < 4.78 is 4.67. The maximum atomic E-state index is 11.8. The smallest absolute Gasteiger partial charge is 0.364 e. The molecule has 1 heterocycles. The van der Waals surface area contributed by atoms with Crippen molar-refractivity contribution in [3.63, 3.8) is 0 Å². The van der Waals surface area contributed by atoms with Crippen LogP contribution in [0.25, 0.3) is 0 Å². The van der Waals surface area contributed by atoms with E-state index in [-0.39, 0.29) is 12.3 Å². The number of carbonyl (C=O) groups is 1. The summed E-state index contributed by atoms with van der Waals surface area (Å²) in [6.45, 7) is 1.73. The van der Waals surface area contributed by atoms with Crippen LogP contribution in [0, 0.1) is 10.1 Å². The number of ether oxygens (including phenoxy) is 1. The van der Waals surface area contributed by atoms with Gasteiger partial charge in [0.15, 0.2) is 0 Å². The first-order valence-corrected chi connectivity index (χ1v) is 6.16. The van der Waals surface area contributed by atoms with Gasteiger partial charge in [0.25, 0.3) is 5.69 Å². The Hall–Kier alpha value is -3.30. The number of aromatic nitrogens is 3. The Morgan fingerprint density at radius 1 is 1.50 bits per heavy atom. The number of hydrogen-bond acceptors (Lipinski definition) is 7. The summed E-state index contributed by atoms with van der Waals surface area (Å²) >= 11 is 0. The predicted octanol–water partition coefficient (Wildman–Crippen LogP) is 0.538. The van der Waals surface area contributed by atoms with E-state index >= 15 is 0 Å². The Labute approximate surface area is 123 Å². The third-order valence-electron chi connectivity index (χ3n) is 2.55. The van der Waals surface area contributed by atoms with E-state index in [1.165, 1.54) is 30.5 Å². The molecule has 0 atom stereocenters. The molecule has 0 saturated heterocycles. The van der Waals surface area contributed by atoms with Crippen LogP contribution in [0.3, 0.4) is 0 Å². The molecule has 0 fully saturated rings. The van der Waals surface area contributed by atoms with Crippen molar-refractivity contribution in [3.8, 4) is 0 Å². The second-order valence-electron chi connectivity index (χ2n) is 3.99. The van der Waals surface area contributed by atoms with Crippen LogP contribution in [0.5, 0.6) is 0 Å². The molecule has 10 heteroatoms. The monoisotopic (exact) mass is 305 g/mol. The molecule has 2 aromatic rings. The van der Waals surface area contributed by atoms with Gasteiger partial charge in [-0.3, -0.25) is 14.9 Å². The van der Waals surface area contributed by atoms with Gasteiger partial charge in [-0.25, -0.2) is 4.79 Å². The summed E-state index contributed by atoms with van der Waals surface area (Å²) in [5.74, 6) is -0.840. The summed E-state index contributed by atoms with van der Waals surface area (Å²) in [5.41, 5.74) is -0.676. The molecule has 0 unspecified atom stereocenters. The lowest BCUT2D eigenvalue weighted by molar-refractivity contribution is -0.384. The van der Waals surface area contributed by atoms with Crippen molar-refractivity contribution in [1.29, 1.82) is 0 Å². The van der Waals surface area contributed by atoms with Gasteiger partial charge in [-0.05, 0) is 24.6 Å². The summed E-state index contributed by atoms with van der Waals surface area (Å²) in [7, 11) is 0. The third kappa shape index (κ3) is 3.23. The van der Waals surface area contributed by atoms with Crippen LogP contribution in [0.1, 0.15) is 23.0 Å². The van der Waals surface area contributed by atoms with E-state index in [0.29, 0.717) is 5.56 Å². The molecular formula is C12H11N5O5. The molecule has 22 heavy (non-hydrogen) atoms. The molecule has 10 nitrogen and oxygen atoms in total. The number of nitro groups is 1. The predicted molar refractivity (Wildman–Crippen MR) is 74.9 cm³/mol. The number of rotatable bonds is 5. The summed E-state index contributed by atoms with van der Waals surface area (Å²) in [6.07, 6.45) is 1.29. The van der Waals surface area contributed by atoms with Crippen molar-refractivity contribution in [2.75, 3.05) is 6.61 Å². The van der Waals surface area contributed by atoms with E-state index < -0.39 is 22.1 Å². The lowest BCUT2D eigenvalue weighted by Gasteiger charge is -1.94. The van der Waals surface area contributed by atoms with Crippen LogP contribution >= 0.6 is 0 Å². The Balaban J connectivity index is 2.18. The molecule has 0 aliphatic heterocycles. The number of non-ortho nitro benzene ring substituents is 1. The maximum Gasteiger partial charge on any atom is 0.364 e. The highest BCUT2D eigenvalue weighted by Gasteiger charge is 2.17. The molecule has 0 spiro atoms. The molecule has 0 radical (unpaired) electrons. The van der Waals surface area contributed by atoms with Gasteiger partial charge in [0.2, 0.25) is 5.69 Å². The van der Waals surface area contributed by atoms with Crippen LogP contribution in [-0.4, -0.2) is 38.8 Å². The van der Waals surface area contributed by atoms with Gasteiger partial charge in [-0.15, -0.1) is 9.89 Å². The Morgan fingerprint density at radius 2 is 2.18 bits per heavy atom.